The monoisotopic (exact) mass is 452 g/mol. The van der Waals surface area contributed by atoms with Crippen molar-refractivity contribution in [3.8, 4) is 5.75 Å². The van der Waals surface area contributed by atoms with Gasteiger partial charge in [-0.3, -0.25) is 0 Å². The fourth-order valence-corrected chi connectivity index (χ4v) is 5.78. The van der Waals surface area contributed by atoms with Crippen LogP contribution in [0.5, 0.6) is 5.75 Å². The molecule has 2 aliphatic carbocycles. The molecule has 2 N–H and O–H groups in total. The molecule has 2 aliphatic rings. The molecular formula is C23H30F6O2. The lowest BCUT2D eigenvalue weighted by Crippen LogP contribution is -2.37. The van der Waals surface area contributed by atoms with Crippen LogP contribution in [0.15, 0.2) is 12.1 Å². The van der Waals surface area contributed by atoms with Gasteiger partial charge < -0.3 is 10.2 Å². The first-order valence-corrected chi connectivity index (χ1v) is 11.1. The van der Waals surface area contributed by atoms with Gasteiger partial charge in [0.2, 0.25) is 0 Å². The van der Waals surface area contributed by atoms with Gasteiger partial charge in [0.1, 0.15) is 11.3 Å². The maximum absolute atomic E-state index is 13.7. The van der Waals surface area contributed by atoms with E-state index in [9.17, 15) is 36.6 Å². The van der Waals surface area contributed by atoms with Crippen molar-refractivity contribution in [1.29, 1.82) is 0 Å². The van der Waals surface area contributed by atoms with E-state index in [2.05, 4.69) is 6.92 Å². The molecule has 1 aromatic rings. The topological polar surface area (TPSA) is 40.5 Å². The summed E-state index contributed by atoms with van der Waals surface area (Å²) < 4.78 is 81.2. The molecule has 0 atom stereocenters. The average Bonchev–Trinajstić information content (AvgIpc) is 2.67. The van der Waals surface area contributed by atoms with Crippen LogP contribution >= 0.6 is 0 Å². The summed E-state index contributed by atoms with van der Waals surface area (Å²) in [6.07, 6.45) is -3.03. The minimum Gasteiger partial charge on any atom is -0.507 e. The van der Waals surface area contributed by atoms with Crippen LogP contribution in [-0.2, 0) is 18.0 Å². The second kappa shape index (κ2) is 8.83. The maximum atomic E-state index is 13.7. The third-order valence-corrected chi connectivity index (χ3v) is 7.36. The van der Waals surface area contributed by atoms with Crippen LogP contribution < -0.4 is 0 Å². The van der Waals surface area contributed by atoms with E-state index in [0.29, 0.717) is 24.8 Å². The Kier molecular flexibility index (Phi) is 6.90. The van der Waals surface area contributed by atoms with E-state index in [1.165, 1.54) is 6.42 Å². The molecule has 2 fully saturated rings. The van der Waals surface area contributed by atoms with Gasteiger partial charge in [-0.1, -0.05) is 38.7 Å². The largest absolute Gasteiger partial charge is 0.507 e. The van der Waals surface area contributed by atoms with E-state index in [-0.39, 0.29) is 18.8 Å². The van der Waals surface area contributed by atoms with Crippen molar-refractivity contribution >= 4 is 0 Å². The lowest BCUT2D eigenvalue weighted by molar-refractivity contribution is -0.165. The number of phenols is 1. The molecule has 0 amide bonds. The van der Waals surface area contributed by atoms with E-state index in [1.54, 1.807) is 0 Å². The summed E-state index contributed by atoms with van der Waals surface area (Å²) in [4.78, 5) is 0. The van der Waals surface area contributed by atoms with Crippen LogP contribution in [0.25, 0.3) is 0 Å². The first-order valence-electron chi connectivity index (χ1n) is 11.1. The van der Waals surface area contributed by atoms with Crippen molar-refractivity contribution in [2.45, 2.75) is 89.1 Å². The number of aromatic hydroxyl groups is 1. The predicted octanol–water partition coefficient (Wildman–Crippen LogP) is 7.41. The Hall–Kier alpha value is -1.44. The second-order valence-electron chi connectivity index (χ2n) is 9.32. The summed E-state index contributed by atoms with van der Waals surface area (Å²) >= 11 is 0. The molecule has 0 saturated heterocycles. The zero-order valence-corrected chi connectivity index (χ0v) is 17.6. The van der Waals surface area contributed by atoms with Crippen molar-refractivity contribution < 1.29 is 36.6 Å². The van der Waals surface area contributed by atoms with Crippen molar-refractivity contribution in [3.63, 3.8) is 0 Å². The molecule has 2 nitrogen and oxygen atoms in total. The van der Waals surface area contributed by atoms with Gasteiger partial charge >= 0.3 is 12.4 Å². The SMILES string of the molecule is CCCC1CCC(C2CCC(O)(c3ccc(O)c(C(F)(F)F)c3C(F)(F)F)CC2)CC1. The molecule has 2 saturated carbocycles. The van der Waals surface area contributed by atoms with Gasteiger partial charge in [0.15, 0.2) is 0 Å². The van der Waals surface area contributed by atoms with Crippen molar-refractivity contribution in [3.05, 3.63) is 28.8 Å². The molecular weight excluding hydrogens is 422 g/mol. The Bertz CT molecular complexity index is 755. The van der Waals surface area contributed by atoms with E-state index in [4.69, 9.17) is 0 Å². The molecule has 0 unspecified atom stereocenters. The molecule has 8 heteroatoms. The molecule has 0 aromatic heterocycles. The molecule has 1 aromatic carbocycles. The normalized spacial score (nSPS) is 30.4. The third-order valence-electron chi connectivity index (χ3n) is 7.36. The average molecular weight is 452 g/mol. The minimum absolute atomic E-state index is 0.0162. The van der Waals surface area contributed by atoms with Crippen LogP contribution in [-0.4, -0.2) is 10.2 Å². The molecule has 0 radical (unpaired) electrons. The van der Waals surface area contributed by atoms with E-state index in [0.717, 1.165) is 44.1 Å². The van der Waals surface area contributed by atoms with E-state index < -0.39 is 40.4 Å². The summed E-state index contributed by atoms with van der Waals surface area (Å²) in [7, 11) is 0. The smallest absolute Gasteiger partial charge is 0.420 e. The maximum Gasteiger partial charge on any atom is 0.420 e. The first kappa shape index (κ1) is 24.2. The highest BCUT2D eigenvalue weighted by atomic mass is 19.4. The highest BCUT2D eigenvalue weighted by molar-refractivity contribution is 5.50. The van der Waals surface area contributed by atoms with Crippen molar-refractivity contribution in [1.82, 2.24) is 0 Å². The molecule has 31 heavy (non-hydrogen) atoms. The second-order valence-corrected chi connectivity index (χ2v) is 9.32. The number of phenolic OH excluding ortho intramolecular Hbond substituents is 1. The minimum atomic E-state index is -5.39. The summed E-state index contributed by atoms with van der Waals surface area (Å²) in [5.74, 6) is -0.0136. The van der Waals surface area contributed by atoms with Crippen LogP contribution in [0.2, 0.25) is 0 Å². The van der Waals surface area contributed by atoms with Crippen LogP contribution in [0, 0.1) is 17.8 Å². The molecule has 0 aliphatic heterocycles. The fraction of sp³-hybridized carbons (Fsp3) is 0.739. The first-order chi connectivity index (χ1) is 14.4. The van der Waals surface area contributed by atoms with Gasteiger partial charge in [-0.05, 0) is 67.9 Å². The quantitative estimate of drug-likeness (QED) is 0.467. The predicted molar refractivity (Wildman–Crippen MR) is 104 cm³/mol. The zero-order chi connectivity index (χ0) is 23.0. The molecule has 176 valence electrons. The third kappa shape index (κ3) is 5.15. The molecule has 0 heterocycles. The van der Waals surface area contributed by atoms with E-state index >= 15 is 0 Å². The number of benzene rings is 1. The van der Waals surface area contributed by atoms with Gasteiger partial charge in [-0.2, -0.15) is 26.3 Å². The summed E-state index contributed by atoms with van der Waals surface area (Å²) in [6, 6.07) is 1.40. The highest BCUT2D eigenvalue weighted by Crippen LogP contribution is 2.52. The van der Waals surface area contributed by atoms with Gasteiger partial charge in [-0.15, -0.1) is 0 Å². The Morgan fingerprint density at radius 3 is 1.84 bits per heavy atom. The van der Waals surface area contributed by atoms with Gasteiger partial charge in [0, 0.05) is 0 Å². The van der Waals surface area contributed by atoms with Gasteiger partial charge in [0.05, 0.1) is 11.2 Å². The van der Waals surface area contributed by atoms with Crippen molar-refractivity contribution in [2.24, 2.45) is 17.8 Å². The van der Waals surface area contributed by atoms with Crippen LogP contribution in [0.3, 0.4) is 0 Å². The van der Waals surface area contributed by atoms with Gasteiger partial charge in [-0.25, -0.2) is 0 Å². The van der Waals surface area contributed by atoms with Gasteiger partial charge in [0.25, 0.3) is 0 Å². The Morgan fingerprint density at radius 2 is 1.35 bits per heavy atom. The van der Waals surface area contributed by atoms with E-state index in [1.807, 2.05) is 0 Å². The Labute approximate surface area is 178 Å². The Balaban J connectivity index is 1.82. The van der Waals surface area contributed by atoms with Crippen LogP contribution in [0.4, 0.5) is 26.3 Å². The number of rotatable bonds is 4. The molecule has 0 spiro atoms. The standard InChI is InChI=1S/C23H30F6O2/c1-2-3-14-4-6-15(7-5-14)16-10-12-21(31,13-11-16)17-8-9-18(30)20(23(27,28)29)19(17)22(24,25)26/h8-9,14-16,30-31H,2-7,10-13H2,1H3. The highest BCUT2D eigenvalue weighted by Gasteiger charge is 2.51. The number of hydrogen-bond acceptors (Lipinski definition) is 2. The van der Waals surface area contributed by atoms with Crippen LogP contribution in [0.1, 0.15) is 87.8 Å². The summed E-state index contributed by atoms with van der Waals surface area (Å²) in [5.41, 5.74) is -6.87. The lowest BCUT2D eigenvalue weighted by Gasteiger charge is -2.42. The number of hydrogen-bond donors (Lipinski definition) is 2. The summed E-state index contributed by atoms with van der Waals surface area (Å²) in [6.45, 7) is 2.16. The molecule has 3 rings (SSSR count). The number of halogens is 6. The summed E-state index contributed by atoms with van der Waals surface area (Å²) in [5, 5.41) is 20.6. The molecule has 0 bridgehead atoms. The number of alkyl halides is 6. The lowest BCUT2D eigenvalue weighted by atomic mass is 9.66. The Morgan fingerprint density at radius 1 is 0.839 bits per heavy atom. The fourth-order valence-electron chi connectivity index (χ4n) is 5.78. The number of aliphatic hydroxyl groups is 1. The van der Waals surface area contributed by atoms with Crippen molar-refractivity contribution in [2.75, 3.05) is 0 Å². The zero-order valence-electron chi connectivity index (χ0n) is 17.6.